The van der Waals surface area contributed by atoms with Gasteiger partial charge in [-0.05, 0) is 25.0 Å². The highest BCUT2D eigenvalue weighted by Crippen LogP contribution is 2.22. The molecule has 1 aromatic carbocycles. The molecule has 1 aromatic rings. The van der Waals surface area contributed by atoms with Gasteiger partial charge in [0.15, 0.2) is 0 Å². The molecule has 0 aromatic heterocycles. The summed E-state index contributed by atoms with van der Waals surface area (Å²) >= 11 is 0. The molecule has 7 heteroatoms. The van der Waals surface area contributed by atoms with Crippen LogP contribution in [0.2, 0.25) is 0 Å². The second-order valence-electron chi connectivity index (χ2n) is 4.44. The number of rotatable bonds is 6. The third-order valence-electron chi connectivity index (χ3n) is 2.69. The zero-order valence-electron chi connectivity index (χ0n) is 11.2. The average Bonchev–Trinajstić information content (AvgIpc) is 2.27. The Morgan fingerprint density at radius 2 is 1.84 bits per heavy atom. The minimum atomic E-state index is -4.28. The molecule has 0 aliphatic carbocycles. The van der Waals surface area contributed by atoms with E-state index in [1.54, 1.807) is 0 Å². The van der Waals surface area contributed by atoms with Gasteiger partial charge in [0.25, 0.3) is 0 Å². The molecule has 0 spiro atoms. The highest BCUT2D eigenvalue weighted by atomic mass is 32.2. The summed E-state index contributed by atoms with van der Waals surface area (Å²) in [5.41, 5.74) is 1.88. The quantitative estimate of drug-likeness (QED) is 0.756. The van der Waals surface area contributed by atoms with Crippen molar-refractivity contribution in [2.75, 3.05) is 20.2 Å². The Balaban J connectivity index is 2.58. The number of aliphatic hydroxyl groups excluding tert-OH is 1. The number of para-hydroxylation sites is 1. The van der Waals surface area contributed by atoms with Crippen molar-refractivity contribution in [2.45, 2.75) is 20.0 Å². The molecule has 1 atom stereocenters. The van der Waals surface area contributed by atoms with E-state index >= 15 is 0 Å². The van der Waals surface area contributed by atoms with E-state index in [1.807, 2.05) is 32.0 Å². The van der Waals surface area contributed by atoms with Crippen molar-refractivity contribution in [3.8, 4) is 5.75 Å². The minimum Gasteiger partial charge on any atom is -0.490 e. The van der Waals surface area contributed by atoms with Crippen molar-refractivity contribution in [2.24, 2.45) is 0 Å². The largest absolute Gasteiger partial charge is 0.490 e. The second-order valence-corrected chi connectivity index (χ2v) is 5.96. The molecule has 1 rings (SSSR count). The summed E-state index contributed by atoms with van der Waals surface area (Å²) in [6.45, 7) is 3.49. The van der Waals surface area contributed by atoms with E-state index < -0.39 is 16.4 Å². The summed E-state index contributed by atoms with van der Waals surface area (Å²) < 4.78 is 36.5. The Kier molecular flexibility index (Phi) is 5.30. The maximum Gasteiger partial charge on any atom is 0.335 e. The molecule has 0 aliphatic heterocycles. The molecule has 0 unspecified atom stereocenters. The van der Waals surface area contributed by atoms with Gasteiger partial charge in [0, 0.05) is 13.6 Å². The van der Waals surface area contributed by atoms with Crippen LogP contribution in [0, 0.1) is 13.8 Å². The van der Waals surface area contributed by atoms with Crippen LogP contribution in [-0.2, 0) is 10.3 Å². The Hall–Kier alpha value is -1.15. The van der Waals surface area contributed by atoms with Crippen LogP contribution in [-0.4, -0.2) is 48.7 Å². The first kappa shape index (κ1) is 15.9. The fraction of sp³-hybridized carbons (Fsp3) is 0.500. The van der Waals surface area contributed by atoms with Crippen molar-refractivity contribution >= 4 is 10.3 Å². The third kappa shape index (κ3) is 4.79. The van der Waals surface area contributed by atoms with Gasteiger partial charge in [0.1, 0.15) is 18.5 Å². The van der Waals surface area contributed by atoms with Crippen LogP contribution in [0.25, 0.3) is 0 Å². The number of hydrogen-bond acceptors (Lipinski definition) is 4. The summed E-state index contributed by atoms with van der Waals surface area (Å²) in [7, 11) is -3.10. The first-order chi connectivity index (χ1) is 8.71. The molecule has 0 saturated heterocycles. The van der Waals surface area contributed by atoms with Crippen LogP contribution in [0.4, 0.5) is 0 Å². The van der Waals surface area contributed by atoms with E-state index in [9.17, 15) is 13.5 Å². The monoisotopic (exact) mass is 289 g/mol. The summed E-state index contributed by atoms with van der Waals surface area (Å²) in [5.74, 6) is 0.677. The van der Waals surface area contributed by atoms with Gasteiger partial charge in [-0.2, -0.15) is 12.7 Å². The maximum absolute atomic E-state index is 10.8. The minimum absolute atomic E-state index is 0.0500. The first-order valence-electron chi connectivity index (χ1n) is 5.77. The molecule has 0 amide bonds. The van der Waals surface area contributed by atoms with Gasteiger partial charge in [-0.1, -0.05) is 18.2 Å². The lowest BCUT2D eigenvalue weighted by molar-refractivity contribution is 0.0912. The molecular weight excluding hydrogens is 270 g/mol. The van der Waals surface area contributed by atoms with Gasteiger partial charge in [-0.25, -0.2) is 0 Å². The van der Waals surface area contributed by atoms with Crippen LogP contribution < -0.4 is 4.74 Å². The fourth-order valence-electron chi connectivity index (χ4n) is 1.65. The van der Waals surface area contributed by atoms with E-state index in [0.717, 1.165) is 11.1 Å². The number of ether oxygens (including phenoxy) is 1. The SMILES string of the molecule is Cc1cccc(C)c1OC[C@H](O)CN(C)S(=O)(=O)O. The normalized spacial score (nSPS) is 13.6. The predicted molar refractivity (Wildman–Crippen MR) is 71.6 cm³/mol. The summed E-state index contributed by atoms with van der Waals surface area (Å²) in [4.78, 5) is 0. The molecule has 2 N–H and O–H groups in total. The van der Waals surface area contributed by atoms with E-state index in [1.165, 1.54) is 7.05 Å². The maximum atomic E-state index is 10.8. The summed E-state index contributed by atoms with van der Waals surface area (Å²) in [6, 6.07) is 5.68. The smallest absolute Gasteiger partial charge is 0.335 e. The molecule has 108 valence electrons. The Morgan fingerprint density at radius 1 is 1.32 bits per heavy atom. The predicted octanol–water partition coefficient (Wildman–Crippen LogP) is 0.778. The second kappa shape index (κ2) is 6.33. The topological polar surface area (TPSA) is 87.1 Å². The Morgan fingerprint density at radius 3 is 2.32 bits per heavy atom. The molecule has 19 heavy (non-hydrogen) atoms. The van der Waals surface area contributed by atoms with Gasteiger partial charge in [-0.15, -0.1) is 0 Å². The Bertz CT molecular complexity index is 509. The first-order valence-corrected chi connectivity index (χ1v) is 7.17. The van der Waals surface area contributed by atoms with Crippen LogP contribution in [0.1, 0.15) is 11.1 Å². The van der Waals surface area contributed by atoms with Crippen molar-refractivity contribution in [1.29, 1.82) is 0 Å². The van der Waals surface area contributed by atoms with Crippen molar-refractivity contribution < 1.29 is 22.8 Å². The molecule has 0 saturated carbocycles. The van der Waals surface area contributed by atoms with Gasteiger partial charge >= 0.3 is 10.3 Å². The lowest BCUT2D eigenvalue weighted by atomic mass is 10.1. The van der Waals surface area contributed by atoms with Crippen LogP contribution >= 0.6 is 0 Å². The van der Waals surface area contributed by atoms with Crippen LogP contribution in [0.3, 0.4) is 0 Å². The van der Waals surface area contributed by atoms with Gasteiger partial charge in [0.05, 0.1) is 0 Å². The van der Waals surface area contributed by atoms with Crippen LogP contribution in [0.15, 0.2) is 18.2 Å². The molecule has 0 radical (unpaired) electrons. The number of aryl methyl sites for hydroxylation is 2. The van der Waals surface area contributed by atoms with Crippen LogP contribution in [0.5, 0.6) is 5.75 Å². The average molecular weight is 289 g/mol. The molecule has 6 nitrogen and oxygen atoms in total. The van der Waals surface area contributed by atoms with Gasteiger partial charge in [0.2, 0.25) is 0 Å². The van der Waals surface area contributed by atoms with Crippen molar-refractivity contribution in [3.05, 3.63) is 29.3 Å². The van der Waals surface area contributed by atoms with Crippen molar-refractivity contribution in [3.63, 3.8) is 0 Å². The molecule has 0 aliphatic rings. The van der Waals surface area contributed by atoms with E-state index in [4.69, 9.17) is 9.29 Å². The lowest BCUT2D eigenvalue weighted by Gasteiger charge is -2.19. The lowest BCUT2D eigenvalue weighted by Crippen LogP contribution is -2.36. The number of nitrogens with zero attached hydrogens (tertiary/aromatic N) is 1. The standard InChI is InChI=1S/C12H19NO5S/c1-9-5-4-6-10(2)12(9)18-8-11(14)7-13(3)19(15,16)17/h4-6,11,14H,7-8H2,1-3H3,(H,15,16,17)/t11-/m1/s1. The molecule has 0 bridgehead atoms. The highest BCUT2D eigenvalue weighted by Gasteiger charge is 2.18. The van der Waals surface area contributed by atoms with Gasteiger partial charge in [-0.3, -0.25) is 4.55 Å². The number of likely N-dealkylation sites (N-methyl/N-ethyl adjacent to an activating group) is 1. The van der Waals surface area contributed by atoms with E-state index in [-0.39, 0.29) is 13.2 Å². The Labute approximate surface area is 113 Å². The molecular formula is C12H19NO5S. The van der Waals surface area contributed by atoms with E-state index in [0.29, 0.717) is 10.1 Å². The summed E-state index contributed by atoms with van der Waals surface area (Å²) in [6.07, 6.45) is -1.02. The number of benzene rings is 1. The molecule has 0 fully saturated rings. The fourth-order valence-corrected chi connectivity index (χ4v) is 2.01. The number of aliphatic hydroxyl groups is 1. The zero-order valence-corrected chi connectivity index (χ0v) is 12.0. The van der Waals surface area contributed by atoms with Crippen molar-refractivity contribution in [1.82, 2.24) is 4.31 Å². The highest BCUT2D eigenvalue weighted by molar-refractivity contribution is 7.83. The summed E-state index contributed by atoms with van der Waals surface area (Å²) in [5, 5.41) is 9.68. The van der Waals surface area contributed by atoms with Gasteiger partial charge < -0.3 is 9.84 Å². The number of hydrogen-bond donors (Lipinski definition) is 2. The molecule has 0 heterocycles. The zero-order chi connectivity index (χ0) is 14.6. The van der Waals surface area contributed by atoms with E-state index in [2.05, 4.69) is 0 Å². The third-order valence-corrected chi connectivity index (χ3v) is 3.63.